The molecule has 2 rings (SSSR count). The maximum Gasteiger partial charge on any atom is 0.239 e. The number of hydrogen-bond donors (Lipinski definition) is 2. The van der Waals surface area contributed by atoms with Crippen LogP contribution in [0.25, 0.3) is 0 Å². The number of anilines is 1. The van der Waals surface area contributed by atoms with Crippen molar-refractivity contribution in [3.05, 3.63) is 29.8 Å². The summed E-state index contributed by atoms with van der Waals surface area (Å²) in [6, 6.07) is 9.04. The van der Waals surface area contributed by atoms with Gasteiger partial charge in [0.05, 0.1) is 6.54 Å². The normalized spacial score (nSPS) is 14.3. The van der Waals surface area contributed by atoms with Crippen LogP contribution in [-0.4, -0.2) is 24.5 Å². The highest BCUT2D eigenvalue weighted by Gasteiger charge is 2.30. The molecule has 1 aliphatic rings. The van der Waals surface area contributed by atoms with Crippen molar-refractivity contribution in [2.45, 2.75) is 58.2 Å². The molecule has 0 radical (unpaired) electrons. The molecule has 1 saturated carbocycles. The molecule has 0 atom stereocenters. The van der Waals surface area contributed by atoms with Gasteiger partial charge in [-0.3, -0.25) is 4.79 Å². The summed E-state index contributed by atoms with van der Waals surface area (Å²) < 4.78 is 0. The molecule has 0 bridgehead atoms. The molecule has 0 aliphatic heterocycles. The van der Waals surface area contributed by atoms with Gasteiger partial charge in [0.15, 0.2) is 0 Å². The Morgan fingerprint density at radius 2 is 1.90 bits per heavy atom. The van der Waals surface area contributed by atoms with Crippen molar-refractivity contribution in [3.8, 4) is 0 Å². The van der Waals surface area contributed by atoms with Crippen LogP contribution >= 0.6 is 0 Å². The molecule has 1 aromatic rings. The summed E-state index contributed by atoms with van der Waals surface area (Å²) in [5, 5.41) is 3.12. The van der Waals surface area contributed by atoms with Crippen molar-refractivity contribution in [1.29, 1.82) is 0 Å². The van der Waals surface area contributed by atoms with Gasteiger partial charge in [-0.25, -0.2) is 0 Å². The van der Waals surface area contributed by atoms with Gasteiger partial charge in [-0.1, -0.05) is 26.0 Å². The van der Waals surface area contributed by atoms with Crippen LogP contribution in [0.15, 0.2) is 24.3 Å². The van der Waals surface area contributed by atoms with Crippen LogP contribution in [0.4, 0.5) is 5.69 Å². The van der Waals surface area contributed by atoms with Crippen molar-refractivity contribution in [2.75, 3.05) is 11.4 Å². The minimum atomic E-state index is 0.124. The minimum absolute atomic E-state index is 0.124. The fourth-order valence-corrected chi connectivity index (χ4v) is 2.56. The first-order chi connectivity index (χ1) is 10.2. The molecule has 116 valence electrons. The van der Waals surface area contributed by atoms with Crippen LogP contribution in [0.1, 0.15) is 45.1 Å². The highest BCUT2D eigenvalue weighted by atomic mass is 16.2. The Labute approximate surface area is 127 Å². The van der Waals surface area contributed by atoms with E-state index in [1.807, 2.05) is 12.1 Å². The summed E-state index contributed by atoms with van der Waals surface area (Å²) in [4.78, 5) is 14.5. The quantitative estimate of drug-likeness (QED) is 0.772. The van der Waals surface area contributed by atoms with E-state index in [1.54, 1.807) is 0 Å². The second kappa shape index (κ2) is 7.46. The first-order valence-electron chi connectivity index (χ1n) is 8.02. The number of nitrogens with one attached hydrogen (secondary N) is 1. The summed E-state index contributed by atoms with van der Waals surface area (Å²) >= 11 is 0. The summed E-state index contributed by atoms with van der Waals surface area (Å²) in [5.74, 6) is 0.124. The average Bonchev–Trinajstić information content (AvgIpc) is 3.35. The van der Waals surface area contributed by atoms with Gasteiger partial charge >= 0.3 is 0 Å². The number of carbonyl (C=O) groups is 1. The van der Waals surface area contributed by atoms with Crippen LogP contribution < -0.4 is 16.0 Å². The fraction of sp³-hybridized carbons (Fsp3) is 0.588. The van der Waals surface area contributed by atoms with Gasteiger partial charge in [-0.15, -0.1) is 0 Å². The van der Waals surface area contributed by atoms with Crippen LogP contribution in [-0.2, 0) is 11.3 Å². The first-order valence-corrected chi connectivity index (χ1v) is 8.02. The molecule has 4 heteroatoms. The molecular formula is C17H27N3O. The Kier molecular flexibility index (Phi) is 5.62. The monoisotopic (exact) mass is 289 g/mol. The van der Waals surface area contributed by atoms with E-state index in [2.05, 4.69) is 36.2 Å². The van der Waals surface area contributed by atoms with E-state index in [1.165, 1.54) is 12.8 Å². The Bertz CT molecular complexity index is 450. The average molecular weight is 289 g/mol. The van der Waals surface area contributed by atoms with E-state index in [4.69, 9.17) is 5.73 Å². The maximum atomic E-state index is 12.2. The molecule has 0 saturated heterocycles. The van der Waals surface area contributed by atoms with Gasteiger partial charge in [0.1, 0.15) is 0 Å². The highest BCUT2D eigenvalue weighted by Crippen LogP contribution is 2.31. The molecule has 21 heavy (non-hydrogen) atoms. The van der Waals surface area contributed by atoms with Crippen molar-refractivity contribution >= 4 is 11.6 Å². The van der Waals surface area contributed by atoms with Gasteiger partial charge in [-0.2, -0.15) is 0 Å². The third kappa shape index (κ3) is 4.46. The number of nitrogens with two attached hydrogens (primary N) is 1. The third-order valence-corrected chi connectivity index (χ3v) is 4.16. The van der Waals surface area contributed by atoms with E-state index >= 15 is 0 Å². The van der Waals surface area contributed by atoms with Gasteiger partial charge in [0.25, 0.3) is 0 Å². The van der Waals surface area contributed by atoms with E-state index < -0.39 is 0 Å². The number of carbonyl (C=O) groups excluding carboxylic acids is 1. The number of nitrogens with zero attached hydrogens (tertiary/aromatic N) is 1. The lowest BCUT2D eigenvalue weighted by Gasteiger charge is -2.25. The summed E-state index contributed by atoms with van der Waals surface area (Å²) in [6.45, 7) is 5.22. The SMILES string of the molecule is CCC(CC)NC(=O)CN(c1ccc(CN)cc1)C1CC1. The zero-order chi connectivity index (χ0) is 15.2. The topological polar surface area (TPSA) is 58.4 Å². The smallest absolute Gasteiger partial charge is 0.239 e. The standard InChI is InChI=1S/C17H27N3O/c1-3-14(4-2)19-17(21)12-20(16-9-10-16)15-7-5-13(11-18)6-8-15/h5-8,14,16H,3-4,9-12,18H2,1-2H3,(H,19,21). The summed E-state index contributed by atoms with van der Waals surface area (Å²) in [7, 11) is 0. The predicted octanol–water partition coefficient (Wildman–Crippen LogP) is 2.42. The molecule has 1 amide bonds. The van der Waals surface area contributed by atoms with E-state index in [-0.39, 0.29) is 11.9 Å². The lowest BCUT2D eigenvalue weighted by Crippen LogP contribution is -2.42. The minimum Gasteiger partial charge on any atom is -0.359 e. The van der Waals surface area contributed by atoms with Crippen LogP contribution in [0.2, 0.25) is 0 Å². The Morgan fingerprint density at radius 1 is 1.29 bits per heavy atom. The summed E-state index contributed by atoms with van der Waals surface area (Å²) in [5.41, 5.74) is 7.88. The second-order valence-electron chi connectivity index (χ2n) is 5.81. The third-order valence-electron chi connectivity index (χ3n) is 4.16. The highest BCUT2D eigenvalue weighted by molar-refractivity contribution is 5.82. The molecule has 0 heterocycles. The van der Waals surface area contributed by atoms with Crippen molar-refractivity contribution < 1.29 is 4.79 Å². The summed E-state index contributed by atoms with van der Waals surface area (Å²) in [6.07, 6.45) is 4.32. The van der Waals surface area contributed by atoms with Gasteiger partial charge in [-0.05, 0) is 43.4 Å². The van der Waals surface area contributed by atoms with Crippen molar-refractivity contribution in [3.63, 3.8) is 0 Å². The molecule has 0 unspecified atom stereocenters. The second-order valence-corrected chi connectivity index (χ2v) is 5.81. The number of benzene rings is 1. The molecule has 0 spiro atoms. The van der Waals surface area contributed by atoms with Crippen molar-refractivity contribution in [2.24, 2.45) is 5.73 Å². The van der Waals surface area contributed by atoms with Crippen molar-refractivity contribution in [1.82, 2.24) is 5.32 Å². The molecular weight excluding hydrogens is 262 g/mol. The first kappa shape index (κ1) is 15.8. The van der Waals surface area contributed by atoms with E-state index in [9.17, 15) is 4.79 Å². The van der Waals surface area contributed by atoms with Gasteiger partial charge in [0, 0.05) is 24.3 Å². The predicted molar refractivity (Wildman–Crippen MR) is 87.2 cm³/mol. The number of hydrogen-bond acceptors (Lipinski definition) is 3. The fourth-order valence-electron chi connectivity index (χ4n) is 2.56. The molecule has 4 nitrogen and oxygen atoms in total. The number of rotatable bonds is 8. The largest absolute Gasteiger partial charge is 0.359 e. The molecule has 1 aliphatic carbocycles. The van der Waals surface area contributed by atoms with E-state index in [0.29, 0.717) is 19.1 Å². The number of amides is 1. The van der Waals surface area contributed by atoms with Gasteiger partial charge in [0.2, 0.25) is 5.91 Å². The molecule has 3 N–H and O–H groups in total. The lowest BCUT2D eigenvalue weighted by atomic mass is 10.1. The van der Waals surface area contributed by atoms with Crippen LogP contribution in [0.5, 0.6) is 0 Å². The van der Waals surface area contributed by atoms with Crippen LogP contribution in [0, 0.1) is 0 Å². The zero-order valence-electron chi connectivity index (χ0n) is 13.1. The Morgan fingerprint density at radius 3 is 2.38 bits per heavy atom. The lowest BCUT2D eigenvalue weighted by molar-refractivity contribution is -0.120. The van der Waals surface area contributed by atoms with Gasteiger partial charge < -0.3 is 16.0 Å². The van der Waals surface area contributed by atoms with E-state index in [0.717, 1.165) is 24.1 Å². The molecule has 1 fully saturated rings. The molecule has 0 aromatic heterocycles. The maximum absolute atomic E-state index is 12.2. The van der Waals surface area contributed by atoms with Crippen LogP contribution in [0.3, 0.4) is 0 Å². The molecule has 1 aromatic carbocycles. The Balaban J connectivity index is 2.00. The zero-order valence-corrected chi connectivity index (χ0v) is 13.1. The Hall–Kier alpha value is -1.55.